The second-order valence-corrected chi connectivity index (χ2v) is 6.63. The number of hydrazone groups is 1. The molecule has 2 aromatic carbocycles. The fraction of sp³-hybridized carbons (Fsp3) is 0.350. The minimum absolute atomic E-state index is 0.689. The zero-order valence-electron chi connectivity index (χ0n) is 14.6. The molecule has 1 saturated heterocycles. The van der Waals surface area contributed by atoms with Gasteiger partial charge < -0.3 is 9.64 Å². The van der Waals surface area contributed by atoms with Crippen molar-refractivity contribution in [3.05, 3.63) is 64.7 Å². The predicted molar refractivity (Wildman–Crippen MR) is 103 cm³/mol. The van der Waals surface area contributed by atoms with Crippen LogP contribution in [0.5, 0.6) is 5.75 Å². The monoisotopic (exact) mass is 358 g/mol. The van der Waals surface area contributed by atoms with Crippen LogP contribution in [-0.4, -0.2) is 44.0 Å². The standard InChI is InChI=1S/C20H24ClN3O/c1-2-25-19-9-7-17(8-10-19)15-22-24-13-11-23(12-14-24)16-18-5-3-4-6-20(18)21/h3-10,15H,2,11-14,16H2,1H3/p+1/b22-15-. The van der Waals surface area contributed by atoms with Crippen LogP contribution in [0.15, 0.2) is 53.6 Å². The average molecular weight is 359 g/mol. The first kappa shape index (κ1) is 17.8. The van der Waals surface area contributed by atoms with E-state index in [1.54, 1.807) is 4.90 Å². The number of quaternary nitrogens is 1. The third-order valence-electron chi connectivity index (χ3n) is 4.41. The van der Waals surface area contributed by atoms with Crippen molar-refractivity contribution in [2.75, 3.05) is 32.8 Å². The molecule has 25 heavy (non-hydrogen) atoms. The van der Waals surface area contributed by atoms with Gasteiger partial charge in [0, 0.05) is 10.6 Å². The highest BCUT2D eigenvalue weighted by molar-refractivity contribution is 6.31. The quantitative estimate of drug-likeness (QED) is 0.804. The summed E-state index contributed by atoms with van der Waals surface area (Å²) in [6, 6.07) is 16.2. The molecule has 0 amide bonds. The summed E-state index contributed by atoms with van der Waals surface area (Å²) in [5, 5.41) is 7.63. The zero-order valence-corrected chi connectivity index (χ0v) is 15.4. The Hall–Kier alpha value is -2.04. The molecular formula is C20H25ClN3O+. The molecule has 1 aliphatic rings. The lowest BCUT2D eigenvalue weighted by Gasteiger charge is -2.30. The third kappa shape index (κ3) is 5.21. The molecule has 132 valence electrons. The minimum atomic E-state index is 0.689. The van der Waals surface area contributed by atoms with Crippen LogP contribution in [-0.2, 0) is 6.54 Å². The summed E-state index contributed by atoms with van der Waals surface area (Å²) >= 11 is 6.26. The van der Waals surface area contributed by atoms with Gasteiger partial charge in [-0.25, -0.2) is 0 Å². The fourth-order valence-electron chi connectivity index (χ4n) is 2.98. The van der Waals surface area contributed by atoms with Gasteiger partial charge in [0.05, 0.1) is 39.0 Å². The predicted octanol–water partition coefficient (Wildman–Crippen LogP) is 2.47. The molecule has 1 fully saturated rings. The number of hydrogen-bond donors (Lipinski definition) is 1. The Kier molecular flexibility index (Phi) is 6.31. The Labute approximate surface area is 154 Å². The third-order valence-corrected chi connectivity index (χ3v) is 4.78. The van der Waals surface area contributed by atoms with E-state index < -0.39 is 0 Å². The van der Waals surface area contributed by atoms with Gasteiger partial charge in [-0.1, -0.05) is 29.8 Å². The maximum atomic E-state index is 6.26. The van der Waals surface area contributed by atoms with Crippen LogP contribution in [0, 0.1) is 0 Å². The second kappa shape index (κ2) is 8.88. The maximum absolute atomic E-state index is 6.26. The van der Waals surface area contributed by atoms with Crippen molar-refractivity contribution in [1.82, 2.24) is 5.01 Å². The number of piperazine rings is 1. The highest BCUT2D eigenvalue weighted by Crippen LogP contribution is 2.13. The number of nitrogens with zero attached hydrogens (tertiary/aromatic N) is 2. The van der Waals surface area contributed by atoms with Crippen LogP contribution in [0.1, 0.15) is 18.1 Å². The van der Waals surface area contributed by atoms with Crippen LogP contribution in [0.3, 0.4) is 0 Å². The molecule has 4 nitrogen and oxygen atoms in total. The maximum Gasteiger partial charge on any atom is 0.119 e. The molecule has 5 heteroatoms. The normalized spacial score (nSPS) is 15.7. The Balaban J connectivity index is 1.48. The van der Waals surface area contributed by atoms with E-state index in [0.717, 1.165) is 49.1 Å². The summed E-state index contributed by atoms with van der Waals surface area (Å²) in [6.07, 6.45) is 1.93. The van der Waals surface area contributed by atoms with E-state index >= 15 is 0 Å². The molecule has 1 aliphatic heterocycles. The molecule has 2 aromatic rings. The van der Waals surface area contributed by atoms with Gasteiger partial charge in [0.1, 0.15) is 12.3 Å². The molecule has 1 heterocycles. The number of ether oxygens (including phenoxy) is 1. The molecule has 0 bridgehead atoms. The van der Waals surface area contributed by atoms with Crippen molar-refractivity contribution in [2.45, 2.75) is 13.5 Å². The Bertz CT molecular complexity index is 694. The van der Waals surface area contributed by atoms with Crippen LogP contribution < -0.4 is 9.64 Å². The molecule has 0 saturated carbocycles. The van der Waals surface area contributed by atoms with Crippen LogP contribution in [0.2, 0.25) is 5.02 Å². The van der Waals surface area contributed by atoms with Gasteiger partial charge in [-0.2, -0.15) is 5.10 Å². The van der Waals surface area contributed by atoms with E-state index in [-0.39, 0.29) is 0 Å². The van der Waals surface area contributed by atoms with Gasteiger partial charge >= 0.3 is 0 Å². The summed E-state index contributed by atoms with van der Waals surface area (Å²) in [5.41, 5.74) is 2.32. The molecule has 1 N–H and O–H groups in total. The smallest absolute Gasteiger partial charge is 0.119 e. The average Bonchev–Trinajstić information content (AvgIpc) is 2.64. The summed E-state index contributed by atoms with van der Waals surface area (Å²) in [6.45, 7) is 7.74. The van der Waals surface area contributed by atoms with Gasteiger partial charge in [0.2, 0.25) is 0 Å². The van der Waals surface area contributed by atoms with E-state index in [4.69, 9.17) is 16.3 Å². The van der Waals surface area contributed by atoms with Gasteiger partial charge in [-0.3, -0.25) is 5.01 Å². The van der Waals surface area contributed by atoms with Crippen molar-refractivity contribution in [3.63, 3.8) is 0 Å². The topological polar surface area (TPSA) is 29.3 Å². The number of benzene rings is 2. The first-order valence-corrected chi connectivity index (χ1v) is 9.21. The SMILES string of the molecule is CCOc1ccc(/C=N\N2CC[NH+](Cc3ccccc3Cl)CC2)cc1. The number of hydrogen-bond acceptors (Lipinski definition) is 3. The molecular weight excluding hydrogens is 334 g/mol. The summed E-state index contributed by atoms with van der Waals surface area (Å²) in [4.78, 5) is 1.56. The lowest BCUT2D eigenvalue weighted by atomic mass is 10.2. The second-order valence-electron chi connectivity index (χ2n) is 6.22. The van der Waals surface area contributed by atoms with Crippen molar-refractivity contribution in [1.29, 1.82) is 0 Å². The number of rotatable bonds is 6. The summed E-state index contributed by atoms with van der Waals surface area (Å²) in [7, 11) is 0. The Morgan fingerprint density at radius 2 is 1.84 bits per heavy atom. The van der Waals surface area contributed by atoms with Crippen LogP contribution >= 0.6 is 11.6 Å². The van der Waals surface area contributed by atoms with Crippen LogP contribution in [0.4, 0.5) is 0 Å². The van der Waals surface area contributed by atoms with E-state index in [1.165, 1.54) is 5.56 Å². The first-order chi connectivity index (χ1) is 12.2. The minimum Gasteiger partial charge on any atom is -0.494 e. The molecule has 0 spiro atoms. The van der Waals surface area contributed by atoms with Gasteiger partial charge in [0.25, 0.3) is 0 Å². The lowest BCUT2D eigenvalue weighted by Crippen LogP contribution is -3.13. The van der Waals surface area contributed by atoms with Crippen molar-refractivity contribution >= 4 is 17.8 Å². The van der Waals surface area contributed by atoms with E-state index in [9.17, 15) is 0 Å². The van der Waals surface area contributed by atoms with Crippen LogP contribution in [0.25, 0.3) is 0 Å². The first-order valence-electron chi connectivity index (χ1n) is 8.83. The largest absolute Gasteiger partial charge is 0.494 e. The van der Waals surface area contributed by atoms with Crippen molar-refractivity contribution in [2.24, 2.45) is 5.10 Å². The molecule has 0 aliphatic carbocycles. The number of halogens is 1. The van der Waals surface area contributed by atoms with E-state index in [2.05, 4.69) is 22.2 Å². The van der Waals surface area contributed by atoms with Crippen molar-refractivity contribution in [3.8, 4) is 5.75 Å². The molecule has 0 radical (unpaired) electrons. The summed E-state index contributed by atoms with van der Waals surface area (Å²) < 4.78 is 5.46. The summed E-state index contributed by atoms with van der Waals surface area (Å²) in [5.74, 6) is 0.899. The Morgan fingerprint density at radius 3 is 2.52 bits per heavy atom. The number of nitrogens with one attached hydrogen (secondary N) is 1. The van der Waals surface area contributed by atoms with E-state index in [1.807, 2.05) is 49.5 Å². The molecule has 0 unspecified atom stereocenters. The van der Waals surface area contributed by atoms with E-state index in [0.29, 0.717) is 6.61 Å². The highest BCUT2D eigenvalue weighted by atomic mass is 35.5. The van der Waals surface area contributed by atoms with Gasteiger partial charge in [-0.05, 0) is 42.8 Å². The zero-order chi connectivity index (χ0) is 17.5. The molecule has 3 rings (SSSR count). The van der Waals surface area contributed by atoms with Gasteiger partial charge in [0.15, 0.2) is 0 Å². The highest BCUT2D eigenvalue weighted by Gasteiger charge is 2.19. The molecule has 0 aromatic heterocycles. The Morgan fingerprint density at radius 1 is 1.12 bits per heavy atom. The lowest BCUT2D eigenvalue weighted by molar-refractivity contribution is -0.918. The van der Waals surface area contributed by atoms with Gasteiger partial charge in [-0.15, -0.1) is 0 Å². The fourth-order valence-corrected chi connectivity index (χ4v) is 3.18. The molecule has 0 atom stereocenters. The van der Waals surface area contributed by atoms with Crippen molar-refractivity contribution < 1.29 is 9.64 Å².